The summed E-state index contributed by atoms with van der Waals surface area (Å²) in [5.74, 6) is -0.124. The third-order valence-electron chi connectivity index (χ3n) is 3.63. The molecule has 1 aliphatic carbocycles. The van der Waals surface area contributed by atoms with E-state index in [1.807, 2.05) is 36.0 Å². The van der Waals surface area contributed by atoms with Crippen LogP contribution in [0, 0.1) is 6.92 Å². The molecule has 0 aromatic carbocycles. The highest BCUT2D eigenvalue weighted by Gasteiger charge is 2.20. The number of thiazole rings is 2. The monoisotopic (exact) mass is 330 g/mol. The van der Waals surface area contributed by atoms with Gasteiger partial charge < -0.3 is 4.57 Å². The van der Waals surface area contributed by atoms with E-state index in [9.17, 15) is 4.79 Å². The molecular weight excluding hydrogens is 316 g/mol. The smallest absolute Gasteiger partial charge is 0.269 e. The van der Waals surface area contributed by atoms with Gasteiger partial charge in [0.25, 0.3) is 5.91 Å². The quantitative estimate of drug-likeness (QED) is 0.800. The van der Waals surface area contributed by atoms with Crippen molar-refractivity contribution >= 4 is 33.7 Å². The van der Waals surface area contributed by atoms with E-state index in [-0.39, 0.29) is 5.91 Å². The van der Waals surface area contributed by atoms with Gasteiger partial charge in [0.15, 0.2) is 10.3 Å². The lowest BCUT2D eigenvalue weighted by atomic mass is 10.4. The van der Waals surface area contributed by atoms with Crippen molar-refractivity contribution in [2.24, 2.45) is 0 Å². The SMILES string of the molecule is Cc1nc(-n2cccc2)sc1C(=O)Nc1nc2c(s1)CCC2. The van der Waals surface area contributed by atoms with Crippen LogP contribution in [0.3, 0.4) is 0 Å². The highest BCUT2D eigenvalue weighted by Crippen LogP contribution is 2.31. The van der Waals surface area contributed by atoms with Gasteiger partial charge in [0.05, 0.1) is 11.4 Å². The van der Waals surface area contributed by atoms with E-state index in [2.05, 4.69) is 15.3 Å². The minimum atomic E-state index is -0.124. The van der Waals surface area contributed by atoms with Crippen molar-refractivity contribution in [2.45, 2.75) is 26.2 Å². The third kappa shape index (κ3) is 2.36. The molecule has 3 aromatic rings. The predicted octanol–water partition coefficient (Wildman–Crippen LogP) is 3.44. The van der Waals surface area contributed by atoms with Crippen LogP contribution in [0.4, 0.5) is 5.13 Å². The molecule has 0 unspecified atom stereocenters. The van der Waals surface area contributed by atoms with E-state index in [4.69, 9.17) is 0 Å². The van der Waals surface area contributed by atoms with Crippen molar-refractivity contribution in [1.29, 1.82) is 0 Å². The number of hydrogen-bond donors (Lipinski definition) is 1. The summed E-state index contributed by atoms with van der Waals surface area (Å²) in [6.07, 6.45) is 7.13. The fraction of sp³-hybridized carbons (Fsp3) is 0.267. The zero-order valence-corrected chi connectivity index (χ0v) is 13.6. The number of carbonyl (C=O) groups excluding carboxylic acids is 1. The Morgan fingerprint density at radius 2 is 2.05 bits per heavy atom. The number of rotatable bonds is 3. The van der Waals surface area contributed by atoms with E-state index >= 15 is 0 Å². The molecule has 7 heteroatoms. The van der Waals surface area contributed by atoms with Gasteiger partial charge in [0.1, 0.15) is 4.88 Å². The van der Waals surface area contributed by atoms with Crippen LogP contribution in [0.5, 0.6) is 0 Å². The Hall–Kier alpha value is -1.99. The molecule has 1 amide bonds. The maximum Gasteiger partial charge on any atom is 0.269 e. The Balaban J connectivity index is 1.57. The number of carbonyl (C=O) groups is 1. The molecule has 3 heterocycles. The molecule has 0 atom stereocenters. The lowest BCUT2D eigenvalue weighted by Crippen LogP contribution is -2.11. The van der Waals surface area contributed by atoms with E-state index in [1.54, 1.807) is 11.3 Å². The van der Waals surface area contributed by atoms with Gasteiger partial charge in [-0.25, -0.2) is 9.97 Å². The van der Waals surface area contributed by atoms with Crippen LogP contribution >= 0.6 is 22.7 Å². The van der Waals surface area contributed by atoms with Crippen molar-refractivity contribution < 1.29 is 4.79 Å². The van der Waals surface area contributed by atoms with Crippen molar-refractivity contribution in [2.75, 3.05) is 5.32 Å². The summed E-state index contributed by atoms with van der Waals surface area (Å²) < 4.78 is 1.91. The van der Waals surface area contributed by atoms with Gasteiger partial charge in [-0.3, -0.25) is 10.1 Å². The van der Waals surface area contributed by atoms with E-state index in [0.717, 1.165) is 29.4 Å². The fourth-order valence-corrected chi connectivity index (χ4v) is 4.54. The molecule has 0 bridgehead atoms. The van der Waals surface area contributed by atoms with Crippen LogP contribution in [0.25, 0.3) is 5.13 Å². The van der Waals surface area contributed by atoms with Crippen LogP contribution in [0.15, 0.2) is 24.5 Å². The number of fused-ring (bicyclic) bond motifs is 1. The second kappa shape index (κ2) is 5.33. The maximum atomic E-state index is 12.5. The first-order valence-electron chi connectivity index (χ1n) is 7.11. The average molecular weight is 330 g/mol. The summed E-state index contributed by atoms with van der Waals surface area (Å²) in [5, 5.41) is 4.42. The highest BCUT2D eigenvalue weighted by molar-refractivity contribution is 7.17. The van der Waals surface area contributed by atoms with Gasteiger partial charge in [0.2, 0.25) is 0 Å². The van der Waals surface area contributed by atoms with Crippen LogP contribution in [-0.2, 0) is 12.8 Å². The second-order valence-corrected chi connectivity index (χ2v) is 7.26. The molecule has 0 fully saturated rings. The Kier molecular flexibility index (Phi) is 3.31. The van der Waals surface area contributed by atoms with Crippen LogP contribution in [-0.4, -0.2) is 20.4 Å². The van der Waals surface area contributed by atoms with Crippen molar-refractivity contribution in [3.8, 4) is 5.13 Å². The molecule has 1 aliphatic rings. The largest absolute Gasteiger partial charge is 0.300 e. The molecule has 3 aromatic heterocycles. The fourth-order valence-electron chi connectivity index (χ4n) is 2.56. The molecule has 112 valence electrons. The number of hydrogen-bond acceptors (Lipinski definition) is 5. The molecular formula is C15H14N4OS2. The number of nitrogens with zero attached hydrogens (tertiary/aromatic N) is 3. The summed E-state index contributed by atoms with van der Waals surface area (Å²) in [6.45, 7) is 1.86. The highest BCUT2D eigenvalue weighted by atomic mass is 32.1. The summed E-state index contributed by atoms with van der Waals surface area (Å²) in [7, 11) is 0. The number of nitrogens with one attached hydrogen (secondary N) is 1. The van der Waals surface area contributed by atoms with Gasteiger partial charge in [-0.1, -0.05) is 11.3 Å². The van der Waals surface area contributed by atoms with Crippen LogP contribution in [0.2, 0.25) is 0 Å². The van der Waals surface area contributed by atoms with Gasteiger partial charge in [-0.05, 0) is 38.3 Å². The first-order valence-corrected chi connectivity index (χ1v) is 8.75. The molecule has 0 radical (unpaired) electrons. The topological polar surface area (TPSA) is 59.8 Å². The van der Waals surface area contributed by atoms with Crippen LogP contribution in [0.1, 0.15) is 32.4 Å². The second-order valence-electron chi connectivity index (χ2n) is 5.20. The number of aryl methyl sites for hydroxylation is 3. The zero-order chi connectivity index (χ0) is 15.1. The van der Waals surface area contributed by atoms with Crippen molar-refractivity contribution in [1.82, 2.24) is 14.5 Å². The molecule has 0 saturated heterocycles. The zero-order valence-electron chi connectivity index (χ0n) is 12.0. The van der Waals surface area contributed by atoms with Crippen LogP contribution < -0.4 is 5.32 Å². The Morgan fingerprint density at radius 1 is 1.23 bits per heavy atom. The average Bonchev–Trinajstić information content (AvgIpc) is 3.20. The van der Waals surface area contributed by atoms with E-state index in [1.165, 1.54) is 22.6 Å². The molecule has 22 heavy (non-hydrogen) atoms. The number of aromatic nitrogens is 3. The number of amides is 1. The van der Waals surface area contributed by atoms with Crippen molar-refractivity contribution in [3.05, 3.63) is 45.7 Å². The summed E-state index contributed by atoms with van der Waals surface area (Å²) >= 11 is 2.98. The molecule has 0 spiro atoms. The number of anilines is 1. The Bertz CT molecular complexity index is 810. The normalized spacial score (nSPS) is 13.3. The van der Waals surface area contributed by atoms with E-state index < -0.39 is 0 Å². The summed E-state index contributed by atoms with van der Waals surface area (Å²) in [4.78, 5) is 23.4. The summed E-state index contributed by atoms with van der Waals surface area (Å²) in [5.41, 5.74) is 1.89. The molecule has 0 saturated carbocycles. The Morgan fingerprint density at radius 3 is 2.82 bits per heavy atom. The minimum absolute atomic E-state index is 0.124. The first kappa shape index (κ1) is 13.7. The van der Waals surface area contributed by atoms with E-state index in [0.29, 0.717) is 10.0 Å². The lowest BCUT2D eigenvalue weighted by molar-refractivity contribution is 0.103. The predicted molar refractivity (Wildman–Crippen MR) is 88.3 cm³/mol. The van der Waals surface area contributed by atoms with Crippen molar-refractivity contribution in [3.63, 3.8) is 0 Å². The van der Waals surface area contributed by atoms with Gasteiger partial charge >= 0.3 is 0 Å². The summed E-state index contributed by atoms with van der Waals surface area (Å²) in [6, 6.07) is 3.88. The van der Waals surface area contributed by atoms with Gasteiger partial charge in [-0.2, -0.15) is 0 Å². The van der Waals surface area contributed by atoms with Gasteiger partial charge in [0, 0.05) is 17.3 Å². The van der Waals surface area contributed by atoms with Gasteiger partial charge in [-0.15, -0.1) is 11.3 Å². The molecule has 5 nitrogen and oxygen atoms in total. The third-order valence-corrected chi connectivity index (χ3v) is 5.88. The standard InChI is InChI=1S/C15H14N4OS2/c1-9-12(22-15(16-9)19-7-2-3-8-19)13(20)18-14-17-10-5-4-6-11(10)21-14/h2-3,7-8H,4-6H2,1H3,(H,17,18,20). The maximum absolute atomic E-state index is 12.5. The lowest BCUT2D eigenvalue weighted by Gasteiger charge is -1.99. The first-order chi connectivity index (χ1) is 10.7. The minimum Gasteiger partial charge on any atom is -0.300 e. The molecule has 4 rings (SSSR count). The molecule has 1 N–H and O–H groups in total. The molecule has 0 aliphatic heterocycles. The Labute approximate surface area is 135 Å².